The van der Waals surface area contributed by atoms with Crippen LogP contribution >= 0.6 is 11.8 Å². The molecule has 0 bridgehead atoms. The van der Waals surface area contributed by atoms with Gasteiger partial charge in [0.25, 0.3) is 0 Å². The maximum atomic E-state index is 12.7. The third-order valence-corrected chi connectivity index (χ3v) is 5.33. The van der Waals surface area contributed by atoms with Crippen LogP contribution in [0.4, 0.5) is 0 Å². The number of benzene rings is 2. The second-order valence-corrected chi connectivity index (χ2v) is 7.24. The average Bonchev–Trinajstić information content (AvgIpc) is 2.66. The van der Waals surface area contributed by atoms with E-state index in [0.717, 1.165) is 17.5 Å². The van der Waals surface area contributed by atoms with Crippen LogP contribution in [-0.2, 0) is 11.3 Å². The SMILES string of the molecule is CCC(C)N(Cc1ccccc1)C(=O)CSCC(O)c1ccccc1. The van der Waals surface area contributed by atoms with E-state index >= 15 is 0 Å². The van der Waals surface area contributed by atoms with Crippen molar-refractivity contribution >= 4 is 17.7 Å². The molecule has 0 heterocycles. The van der Waals surface area contributed by atoms with Crippen molar-refractivity contribution in [1.29, 1.82) is 0 Å². The number of carbonyl (C=O) groups excluding carboxylic acids is 1. The first-order valence-electron chi connectivity index (χ1n) is 8.76. The maximum absolute atomic E-state index is 12.7. The zero-order valence-electron chi connectivity index (χ0n) is 15.0. The van der Waals surface area contributed by atoms with Gasteiger partial charge in [0.05, 0.1) is 11.9 Å². The smallest absolute Gasteiger partial charge is 0.233 e. The summed E-state index contributed by atoms with van der Waals surface area (Å²) in [5.74, 6) is 1.04. The van der Waals surface area contributed by atoms with Crippen LogP contribution in [0.3, 0.4) is 0 Å². The zero-order chi connectivity index (χ0) is 18.1. The number of amides is 1. The van der Waals surface area contributed by atoms with Crippen molar-refractivity contribution in [2.75, 3.05) is 11.5 Å². The minimum atomic E-state index is -0.537. The molecule has 2 rings (SSSR count). The van der Waals surface area contributed by atoms with Gasteiger partial charge < -0.3 is 10.0 Å². The van der Waals surface area contributed by atoms with Crippen molar-refractivity contribution < 1.29 is 9.90 Å². The molecule has 0 saturated heterocycles. The quantitative estimate of drug-likeness (QED) is 0.728. The highest BCUT2D eigenvalue weighted by atomic mass is 32.2. The van der Waals surface area contributed by atoms with E-state index in [1.165, 1.54) is 11.8 Å². The van der Waals surface area contributed by atoms with Crippen LogP contribution in [0.5, 0.6) is 0 Å². The summed E-state index contributed by atoms with van der Waals surface area (Å²) < 4.78 is 0. The molecule has 1 amide bonds. The molecule has 4 heteroatoms. The molecule has 0 aromatic heterocycles. The predicted molar refractivity (Wildman–Crippen MR) is 105 cm³/mol. The third kappa shape index (κ3) is 6.22. The fraction of sp³-hybridized carbons (Fsp3) is 0.381. The van der Waals surface area contributed by atoms with Gasteiger partial charge in [-0.15, -0.1) is 11.8 Å². The normalized spacial score (nSPS) is 13.2. The second-order valence-electron chi connectivity index (χ2n) is 6.21. The minimum Gasteiger partial charge on any atom is -0.388 e. The lowest BCUT2D eigenvalue weighted by atomic mass is 10.1. The molecule has 25 heavy (non-hydrogen) atoms. The lowest BCUT2D eigenvalue weighted by Gasteiger charge is -2.29. The van der Waals surface area contributed by atoms with Crippen LogP contribution in [0.25, 0.3) is 0 Å². The number of aliphatic hydroxyl groups excluding tert-OH is 1. The van der Waals surface area contributed by atoms with Gasteiger partial charge in [0.15, 0.2) is 0 Å². The fourth-order valence-corrected chi connectivity index (χ4v) is 3.48. The van der Waals surface area contributed by atoms with E-state index in [4.69, 9.17) is 0 Å². The van der Waals surface area contributed by atoms with Crippen LogP contribution in [0.2, 0.25) is 0 Å². The molecule has 2 aromatic rings. The zero-order valence-corrected chi connectivity index (χ0v) is 15.8. The maximum Gasteiger partial charge on any atom is 0.233 e. The summed E-state index contributed by atoms with van der Waals surface area (Å²) in [5, 5.41) is 10.2. The summed E-state index contributed by atoms with van der Waals surface area (Å²) in [5.41, 5.74) is 2.04. The van der Waals surface area contributed by atoms with E-state index in [0.29, 0.717) is 18.1 Å². The first-order chi connectivity index (χ1) is 12.1. The number of thioether (sulfide) groups is 1. The Hall–Kier alpha value is -1.78. The highest BCUT2D eigenvalue weighted by molar-refractivity contribution is 7.99. The molecule has 0 aliphatic carbocycles. The van der Waals surface area contributed by atoms with E-state index in [2.05, 4.69) is 26.0 Å². The molecule has 1 N–H and O–H groups in total. The van der Waals surface area contributed by atoms with E-state index in [9.17, 15) is 9.90 Å². The van der Waals surface area contributed by atoms with Gasteiger partial charge in [-0.05, 0) is 24.5 Å². The Kier molecular flexibility index (Phi) is 8.02. The first kappa shape index (κ1) is 19.5. The van der Waals surface area contributed by atoms with Crippen molar-refractivity contribution in [3.63, 3.8) is 0 Å². The van der Waals surface area contributed by atoms with Gasteiger partial charge in [-0.3, -0.25) is 4.79 Å². The van der Waals surface area contributed by atoms with E-state index in [1.54, 1.807) is 0 Å². The number of aliphatic hydroxyl groups is 1. The summed E-state index contributed by atoms with van der Waals surface area (Å²) >= 11 is 1.49. The van der Waals surface area contributed by atoms with Crippen LogP contribution in [0, 0.1) is 0 Å². The molecule has 0 aliphatic heterocycles. The summed E-state index contributed by atoms with van der Waals surface area (Å²) in [6.45, 7) is 4.82. The molecule has 2 atom stereocenters. The van der Waals surface area contributed by atoms with Crippen molar-refractivity contribution in [2.24, 2.45) is 0 Å². The number of rotatable bonds is 9. The number of hydrogen-bond acceptors (Lipinski definition) is 3. The lowest BCUT2D eigenvalue weighted by Crippen LogP contribution is -2.39. The molecule has 134 valence electrons. The molecule has 2 unspecified atom stereocenters. The molecule has 3 nitrogen and oxygen atoms in total. The Morgan fingerprint density at radius 1 is 1.08 bits per heavy atom. The van der Waals surface area contributed by atoms with Crippen molar-refractivity contribution in [3.05, 3.63) is 71.8 Å². The fourth-order valence-electron chi connectivity index (χ4n) is 2.60. The molecule has 0 radical (unpaired) electrons. The van der Waals surface area contributed by atoms with Gasteiger partial charge in [0.2, 0.25) is 5.91 Å². The topological polar surface area (TPSA) is 40.5 Å². The van der Waals surface area contributed by atoms with Gasteiger partial charge in [-0.2, -0.15) is 0 Å². The summed E-state index contributed by atoms with van der Waals surface area (Å²) in [6, 6.07) is 19.9. The molecule has 0 saturated carbocycles. The van der Waals surface area contributed by atoms with Gasteiger partial charge in [-0.25, -0.2) is 0 Å². The molecule has 0 spiro atoms. The van der Waals surface area contributed by atoms with Gasteiger partial charge >= 0.3 is 0 Å². The highest BCUT2D eigenvalue weighted by Crippen LogP contribution is 2.19. The van der Waals surface area contributed by atoms with Crippen LogP contribution in [0.1, 0.15) is 37.5 Å². The summed E-state index contributed by atoms with van der Waals surface area (Å²) in [4.78, 5) is 14.6. The second kappa shape index (κ2) is 10.3. The van der Waals surface area contributed by atoms with Crippen LogP contribution in [-0.4, -0.2) is 33.5 Å². The number of carbonyl (C=O) groups is 1. The van der Waals surface area contributed by atoms with Crippen LogP contribution < -0.4 is 0 Å². The molecule has 2 aromatic carbocycles. The van der Waals surface area contributed by atoms with E-state index in [1.807, 2.05) is 53.4 Å². The third-order valence-electron chi connectivity index (χ3n) is 4.32. The Morgan fingerprint density at radius 2 is 1.68 bits per heavy atom. The number of nitrogens with zero attached hydrogens (tertiary/aromatic N) is 1. The minimum absolute atomic E-state index is 0.128. The standard InChI is InChI=1S/C21H27NO2S/c1-3-17(2)22(14-18-10-6-4-7-11-18)21(24)16-25-15-20(23)19-12-8-5-9-13-19/h4-13,17,20,23H,3,14-16H2,1-2H3. The molecule has 0 aliphatic rings. The largest absolute Gasteiger partial charge is 0.388 e. The molecular weight excluding hydrogens is 330 g/mol. The molecular formula is C21H27NO2S. The highest BCUT2D eigenvalue weighted by Gasteiger charge is 2.19. The average molecular weight is 358 g/mol. The van der Waals surface area contributed by atoms with Gasteiger partial charge in [0.1, 0.15) is 0 Å². The monoisotopic (exact) mass is 357 g/mol. The summed E-state index contributed by atoms with van der Waals surface area (Å²) in [7, 11) is 0. The first-order valence-corrected chi connectivity index (χ1v) is 9.91. The number of hydrogen-bond donors (Lipinski definition) is 1. The van der Waals surface area contributed by atoms with E-state index < -0.39 is 6.10 Å². The Balaban J connectivity index is 1.88. The Bertz CT molecular complexity index is 633. The lowest BCUT2D eigenvalue weighted by molar-refractivity contribution is -0.131. The van der Waals surface area contributed by atoms with Crippen molar-refractivity contribution in [2.45, 2.75) is 39.0 Å². The molecule has 0 fully saturated rings. The van der Waals surface area contributed by atoms with Gasteiger partial charge in [0, 0.05) is 18.3 Å². The summed E-state index contributed by atoms with van der Waals surface area (Å²) in [6.07, 6.45) is 0.390. The van der Waals surface area contributed by atoms with Gasteiger partial charge in [-0.1, -0.05) is 67.6 Å². The predicted octanol–water partition coefficient (Wildman–Crippen LogP) is 4.28. The Labute approximate surface area is 155 Å². The Morgan fingerprint density at radius 3 is 2.28 bits per heavy atom. The van der Waals surface area contributed by atoms with Crippen LogP contribution in [0.15, 0.2) is 60.7 Å². The van der Waals surface area contributed by atoms with Crippen molar-refractivity contribution in [3.8, 4) is 0 Å². The van der Waals surface area contributed by atoms with E-state index in [-0.39, 0.29) is 11.9 Å². The van der Waals surface area contributed by atoms with Crippen molar-refractivity contribution in [1.82, 2.24) is 4.90 Å².